The summed E-state index contributed by atoms with van der Waals surface area (Å²) in [7, 11) is 0. The Bertz CT molecular complexity index is 768. The van der Waals surface area contributed by atoms with Crippen LogP contribution in [0.4, 0.5) is 0 Å². The zero-order valence-corrected chi connectivity index (χ0v) is 10.1. The molecule has 3 rings (SSSR count). The summed E-state index contributed by atoms with van der Waals surface area (Å²) in [6.45, 7) is 0. The summed E-state index contributed by atoms with van der Waals surface area (Å²) in [6.07, 6.45) is 1.54. The minimum absolute atomic E-state index is 0.0330. The maximum Gasteiger partial charge on any atom is 0.286 e. The predicted octanol–water partition coefficient (Wildman–Crippen LogP) is 2.40. The SMILES string of the molecule is NC(=O)c1nccc(-c2ccc3ccccc3c2)n1. The van der Waals surface area contributed by atoms with Crippen LogP contribution in [0.15, 0.2) is 54.7 Å². The molecule has 0 spiro atoms. The molecule has 2 N–H and O–H groups in total. The van der Waals surface area contributed by atoms with E-state index in [2.05, 4.69) is 9.97 Å². The lowest BCUT2D eigenvalue weighted by Crippen LogP contribution is -2.15. The quantitative estimate of drug-likeness (QED) is 0.758. The van der Waals surface area contributed by atoms with Crippen molar-refractivity contribution in [2.24, 2.45) is 5.73 Å². The van der Waals surface area contributed by atoms with Gasteiger partial charge in [-0.1, -0.05) is 36.4 Å². The highest BCUT2D eigenvalue weighted by molar-refractivity contribution is 5.90. The molecule has 4 heteroatoms. The van der Waals surface area contributed by atoms with Gasteiger partial charge in [0, 0.05) is 11.8 Å². The fraction of sp³-hybridized carbons (Fsp3) is 0. The average Bonchev–Trinajstić information content (AvgIpc) is 2.47. The van der Waals surface area contributed by atoms with E-state index < -0.39 is 5.91 Å². The van der Waals surface area contributed by atoms with Crippen LogP contribution in [-0.2, 0) is 0 Å². The van der Waals surface area contributed by atoms with Gasteiger partial charge in [-0.25, -0.2) is 9.97 Å². The molecular formula is C15H11N3O. The highest BCUT2D eigenvalue weighted by Crippen LogP contribution is 2.22. The van der Waals surface area contributed by atoms with E-state index in [0.717, 1.165) is 16.3 Å². The third-order valence-corrected chi connectivity index (χ3v) is 2.92. The van der Waals surface area contributed by atoms with Gasteiger partial charge in [-0.2, -0.15) is 0 Å². The fourth-order valence-electron chi connectivity index (χ4n) is 1.99. The Balaban J connectivity index is 2.13. The number of rotatable bonds is 2. The van der Waals surface area contributed by atoms with Gasteiger partial charge in [-0.05, 0) is 22.9 Å². The molecule has 0 aliphatic carbocycles. The molecule has 4 nitrogen and oxygen atoms in total. The highest BCUT2D eigenvalue weighted by atomic mass is 16.1. The molecule has 0 saturated heterocycles. The molecule has 0 aliphatic rings. The van der Waals surface area contributed by atoms with Crippen LogP contribution in [-0.4, -0.2) is 15.9 Å². The predicted molar refractivity (Wildman–Crippen MR) is 73.5 cm³/mol. The summed E-state index contributed by atoms with van der Waals surface area (Å²) in [4.78, 5) is 19.1. The molecular weight excluding hydrogens is 238 g/mol. The lowest BCUT2D eigenvalue weighted by atomic mass is 10.1. The molecule has 3 aromatic rings. The Morgan fingerprint density at radius 3 is 2.58 bits per heavy atom. The van der Waals surface area contributed by atoms with Crippen LogP contribution in [0.25, 0.3) is 22.0 Å². The van der Waals surface area contributed by atoms with Crippen LogP contribution in [0.3, 0.4) is 0 Å². The van der Waals surface area contributed by atoms with Crippen molar-refractivity contribution in [1.29, 1.82) is 0 Å². The van der Waals surface area contributed by atoms with Gasteiger partial charge in [-0.15, -0.1) is 0 Å². The monoisotopic (exact) mass is 249 g/mol. The average molecular weight is 249 g/mol. The normalized spacial score (nSPS) is 10.5. The number of hydrogen-bond donors (Lipinski definition) is 1. The Kier molecular flexibility index (Phi) is 2.68. The van der Waals surface area contributed by atoms with E-state index in [4.69, 9.17) is 5.73 Å². The number of amides is 1. The molecule has 0 aliphatic heterocycles. The first-order chi connectivity index (χ1) is 9.24. The van der Waals surface area contributed by atoms with Crippen molar-refractivity contribution in [2.75, 3.05) is 0 Å². The molecule has 1 amide bonds. The maximum absolute atomic E-state index is 11.1. The lowest BCUT2D eigenvalue weighted by Gasteiger charge is -2.04. The van der Waals surface area contributed by atoms with Gasteiger partial charge in [0.1, 0.15) is 0 Å². The van der Waals surface area contributed by atoms with Crippen molar-refractivity contribution in [3.63, 3.8) is 0 Å². The summed E-state index contributed by atoms with van der Waals surface area (Å²) in [5, 5.41) is 2.29. The molecule has 0 saturated carbocycles. The minimum atomic E-state index is -0.623. The molecule has 19 heavy (non-hydrogen) atoms. The number of aromatic nitrogens is 2. The third-order valence-electron chi connectivity index (χ3n) is 2.92. The second kappa shape index (κ2) is 4.49. The Morgan fingerprint density at radius 1 is 1.00 bits per heavy atom. The molecule has 1 aromatic heterocycles. The van der Waals surface area contributed by atoms with Crippen molar-refractivity contribution in [3.8, 4) is 11.3 Å². The standard InChI is InChI=1S/C15H11N3O/c16-14(19)15-17-8-7-13(18-15)12-6-5-10-3-1-2-4-11(10)9-12/h1-9H,(H2,16,19). The molecule has 2 aromatic carbocycles. The number of nitrogens with zero attached hydrogens (tertiary/aromatic N) is 2. The van der Waals surface area contributed by atoms with Gasteiger partial charge in [0.05, 0.1) is 5.69 Å². The summed E-state index contributed by atoms with van der Waals surface area (Å²) < 4.78 is 0. The maximum atomic E-state index is 11.1. The van der Waals surface area contributed by atoms with Crippen molar-refractivity contribution < 1.29 is 4.79 Å². The van der Waals surface area contributed by atoms with Crippen molar-refractivity contribution >= 4 is 16.7 Å². The summed E-state index contributed by atoms with van der Waals surface area (Å²) in [5.74, 6) is -0.590. The third kappa shape index (κ3) is 2.15. The number of hydrogen-bond acceptors (Lipinski definition) is 3. The van der Waals surface area contributed by atoms with E-state index in [1.807, 2.05) is 42.5 Å². The zero-order valence-electron chi connectivity index (χ0n) is 10.1. The van der Waals surface area contributed by atoms with Gasteiger partial charge in [0.25, 0.3) is 5.91 Å². The Labute approximate surface area is 109 Å². The molecule has 0 radical (unpaired) electrons. The Hall–Kier alpha value is -2.75. The molecule has 0 fully saturated rings. The first-order valence-electron chi connectivity index (χ1n) is 5.86. The lowest BCUT2D eigenvalue weighted by molar-refractivity contribution is 0.0990. The van der Waals surface area contributed by atoms with Gasteiger partial charge in [-0.3, -0.25) is 4.79 Å². The summed E-state index contributed by atoms with van der Waals surface area (Å²) >= 11 is 0. The number of primary amides is 1. The number of carbonyl (C=O) groups excluding carboxylic acids is 1. The molecule has 1 heterocycles. The Morgan fingerprint density at radius 2 is 1.79 bits per heavy atom. The number of nitrogens with two attached hydrogens (primary N) is 1. The topological polar surface area (TPSA) is 68.9 Å². The molecule has 0 atom stereocenters. The van der Waals surface area contributed by atoms with Crippen LogP contribution < -0.4 is 5.73 Å². The molecule has 0 unspecified atom stereocenters. The fourth-order valence-corrected chi connectivity index (χ4v) is 1.99. The van der Waals surface area contributed by atoms with E-state index in [-0.39, 0.29) is 5.82 Å². The molecule has 0 bridgehead atoms. The van der Waals surface area contributed by atoms with Crippen molar-refractivity contribution in [3.05, 3.63) is 60.6 Å². The number of fused-ring (bicyclic) bond motifs is 1. The zero-order chi connectivity index (χ0) is 13.2. The van der Waals surface area contributed by atoms with Crippen LogP contribution in [0.1, 0.15) is 10.6 Å². The van der Waals surface area contributed by atoms with E-state index >= 15 is 0 Å². The van der Waals surface area contributed by atoms with Crippen LogP contribution in [0.5, 0.6) is 0 Å². The van der Waals surface area contributed by atoms with E-state index in [0.29, 0.717) is 5.69 Å². The van der Waals surface area contributed by atoms with Crippen LogP contribution >= 0.6 is 0 Å². The highest BCUT2D eigenvalue weighted by Gasteiger charge is 2.06. The second-order valence-corrected chi connectivity index (χ2v) is 4.19. The molecule has 92 valence electrons. The van der Waals surface area contributed by atoms with E-state index in [9.17, 15) is 4.79 Å². The van der Waals surface area contributed by atoms with Crippen molar-refractivity contribution in [2.45, 2.75) is 0 Å². The number of benzene rings is 2. The van der Waals surface area contributed by atoms with Crippen LogP contribution in [0.2, 0.25) is 0 Å². The summed E-state index contributed by atoms with van der Waals surface area (Å²) in [5.41, 5.74) is 6.81. The largest absolute Gasteiger partial charge is 0.363 e. The first kappa shape index (κ1) is 11.3. The van der Waals surface area contributed by atoms with Gasteiger partial charge in [0.2, 0.25) is 5.82 Å². The first-order valence-corrected chi connectivity index (χ1v) is 5.86. The van der Waals surface area contributed by atoms with Crippen LogP contribution in [0, 0.1) is 0 Å². The minimum Gasteiger partial charge on any atom is -0.363 e. The van der Waals surface area contributed by atoms with E-state index in [1.54, 1.807) is 6.07 Å². The van der Waals surface area contributed by atoms with Gasteiger partial charge >= 0.3 is 0 Å². The van der Waals surface area contributed by atoms with Gasteiger partial charge < -0.3 is 5.73 Å². The second-order valence-electron chi connectivity index (χ2n) is 4.19. The number of carbonyl (C=O) groups is 1. The van der Waals surface area contributed by atoms with E-state index in [1.165, 1.54) is 6.20 Å². The van der Waals surface area contributed by atoms with Gasteiger partial charge in [0.15, 0.2) is 0 Å². The summed E-state index contributed by atoms with van der Waals surface area (Å²) in [6, 6.07) is 15.9. The van der Waals surface area contributed by atoms with Crippen molar-refractivity contribution in [1.82, 2.24) is 9.97 Å². The smallest absolute Gasteiger partial charge is 0.286 e.